The van der Waals surface area contributed by atoms with E-state index >= 15 is 0 Å². The van der Waals surface area contributed by atoms with Gasteiger partial charge in [0.15, 0.2) is 5.79 Å². The Bertz CT molecular complexity index is 688. The van der Waals surface area contributed by atoms with E-state index in [4.69, 9.17) is 14.2 Å². The molecule has 0 saturated carbocycles. The van der Waals surface area contributed by atoms with Crippen molar-refractivity contribution in [1.29, 1.82) is 0 Å². The number of aromatic nitrogens is 1. The van der Waals surface area contributed by atoms with E-state index in [1.54, 1.807) is 17.0 Å². The molecule has 1 aromatic heterocycles. The molecule has 4 rings (SSSR count). The van der Waals surface area contributed by atoms with Crippen LogP contribution >= 0.6 is 0 Å². The number of pyridine rings is 1. The van der Waals surface area contributed by atoms with Crippen LogP contribution in [0.2, 0.25) is 0 Å². The van der Waals surface area contributed by atoms with Gasteiger partial charge in [-0.25, -0.2) is 0 Å². The Morgan fingerprint density at radius 2 is 2.00 bits per heavy atom. The predicted molar refractivity (Wildman–Crippen MR) is 95.3 cm³/mol. The maximum Gasteiger partial charge on any atom is 0.269 e. The highest BCUT2D eigenvalue weighted by molar-refractivity contribution is 5.98. The summed E-state index contributed by atoms with van der Waals surface area (Å²) < 4.78 is 16.9. The lowest BCUT2D eigenvalue weighted by Gasteiger charge is -2.37. The van der Waals surface area contributed by atoms with Crippen LogP contribution in [0, 0.1) is 0 Å². The van der Waals surface area contributed by atoms with Gasteiger partial charge in [-0.15, -0.1) is 0 Å². The first kappa shape index (κ1) is 18.3. The highest BCUT2D eigenvalue weighted by Crippen LogP contribution is 2.31. The third-order valence-corrected chi connectivity index (χ3v) is 5.38. The number of rotatable bonds is 4. The molecule has 0 aromatic carbocycles. The average Bonchev–Trinajstić information content (AvgIpc) is 3.39. The lowest BCUT2D eigenvalue weighted by atomic mass is 10.0. The maximum atomic E-state index is 12.8. The Labute approximate surface area is 158 Å². The third-order valence-electron chi connectivity index (χ3n) is 5.38. The number of nitrogens with zero attached hydrogens (tertiary/aromatic N) is 2. The van der Waals surface area contributed by atoms with Crippen molar-refractivity contribution >= 4 is 11.8 Å². The second-order valence-electron chi connectivity index (χ2n) is 7.17. The predicted octanol–water partition coefficient (Wildman–Crippen LogP) is 0.970. The molecule has 0 radical (unpaired) electrons. The molecule has 3 aliphatic rings. The Morgan fingerprint density at radius 3 is 2.70 bits per heavy atom. The zero-order valence-corrected chi connectivity index (χ0v) is 15.3. The quantitative estimate of drug-likeness (QED) is 0.843. The fourth-order valence-corrected chi connectivity index (χ4v) is 3.81. The number of carbonyl (C=O) groups excluding carboxylic acids is 2. The summed E-state index contributed by atoms with van der Waals surface area (Å²) in [5.74, 6) is -0.897. The number of nitrogens with one attached hydrogen (secondary N) is 1. The number of amides is 2. The highest BCUT2D eigenvalue weighted by Gasteiger charge is 2.40. The standard InChI is InChI=1S/C19H25N3O5/c23-17(21-13-15-2-1-9-25-15)16-12-14(3-6-20-16)18(24)22-7-4-19(5-8-22)26-10-11-27-19/h3,6,12,15H,1-2,4-5,7-11,13H2,(H,21,23). The van der Waals surface area contributed by atoms with Crippen molar-refractivity contribution in [3.8, 4) is 0 Å². The second kappa shape index (κ2) is 7.92. The van der Waals surface area contributed by atoms with Gasteiger partial charge in [0, 0.05) is 50.8 Å². The van der Waals surface area contributed by atoms with Crippen LogP contribution in [0.25, 0.3) is 0 Å². The molecule has 1 aromatic rings. The van der Waals surface area contributed by atoms with Crippen molar-refractivity contribution in [1.82, 2.24) is 15.2 Å². The summed E-state index contributed by atoms with van der Waals surface area (Å²) in [6.45, 7) is 3.58. The average molecular weight is 375 g/mol. The van der Waals surface area contributed by atoms with E-state index in [0.717, 1.165) is 19.4 Å². The van der Waals surface area contributed by atoms with E-state index in [-0.39, 0.29) is 23.6 Å². The fraction of sp³-hybridized carbons (Fsp3) is 0.632. The molecule has 0 bridgehead atoms. The van der Waals surface area contributed by atoms with E-state index < -0.39 is 5.79 Å². The normalized spacial score (nSPS) is 24.3. The zero-order valence-electron chi connectivity index (χ0n) is 15.3. The molecule has 8 nitrogen and oxygen atoms in total. The molecule has 1 spiro atoms. The minimum atomic E-state index is -0.512. The smallest absolute Gasteiger partial charge is 0.269 e. The minimum absolute atomic E-state index is 0.0689. The summed E-state index contributed by atoms with van der Waals surface area (Å²) in [6.07, 6.45) is 4.88. The summed E-state index contributed by atoms with van der Waals surface area (Å²) >= 11 is 0. The second-order valence-corrected chi connectivity index (χ2v) is 7.17. The van der Waals surface area contributed by atoms with Crippen molar-refractivity contribution in [2.75, 3.05) is 39.5 Å². The molecule has 146 valence electrons. The van der Waals surface area contributed by atoms with Gasteiger partial charge >= 0.3 is 0 Å². The number of hydrogen-bond donors (Lipinski definition) is 1. The minimum Gasteiger partial charge on any atom is -0.376 e. The Balaban J connectivity index is 1.35. The van der Waals surface area contributed by atoms with Gasteiger partial charge in [-0.05, 0) is 25.0 Å². The van der Waals surface area contributed by atoms with Crippen LogP contribution < -0.4 is 5.32 Å². The number of piperidine rings is 1. The largest absolute Gasteiger partial charge is 0.376 e. The van der Waals surface area contributed by atoms with Crippen molar-refractivity contribution in [3.63, 3.8) is 0 Å². The van der Waals surface area contributed by atoms with Crippen molar-refractivity contribution < 1.29 is 23.8 Å². The van der Waals surface area contributed by atoms with Gasteiger partial charge in [-0.2, -0.15) is 0 Å². The van der Waals surface area contributed by atoms with Gasteiger partial charge < -0.3 is 24.4 Å². The van der Waals surface area contributed by atoms with Crippen LogP contribution in [0.5, 0.6) is 0 Å². The fourth-order valence-electron chi connectivity index (χ4n) is 3.81. The van der Waals surface area contributed by atoms with Crippen LogP contribution in [-0.2, 0) is 14.2 Å². The SMILES string of the molecule is O=C(NCC1CCCO1)c1cc(C(=O)N2CCC3(CC2)OCCO3)ccn1. The lowest BCUT2D eigenvalue weighted by Crippen LogP contribution is -2.47. The lowest BCUT2D eigenvalue weighted by molar-refractivity contribution is -0.181. The summed E-state index contributed by atoms with van der Waals surface area (Å²) in [4.78, 5) is 31.0. The van der Waals surface area contributed by atoms with Gasteiger partial charge in [-0.1, -0.05) is 0 Å². The summed E-state index contributed by atoms with van der Waals surface area (Å²) in [5.41, 5.74) is 0.714. The van der Waals surface area contributed by atoms with Crippen LogP contribution in [-0.4, -0.2) is 73.0 Å². The van der Waals surface area contributed by atoms with Crippen molar-refractivity contribution in [2.24, 2.45) is 0 Å². The van der Waals surface area contributed by atoms with E-state index in [1.807, 2.05) is 0 Å². The van der Waals surface area contributed by atoms with Crippen LogP contribution in [0.15, 0.2) is 18.3 Å². The summed E-state index contributed by atoms with van der Waals surface area (Å²) in [5, 5.41) is 2.84. The Kier molecular flexibility index (Phi) is 5.38. The molecule has 8 heteroatoms. The molecule has 3 aliphatic heterocycles. The van der Waals surface area contributed by atoms with Crippen LogP contribution in [0.4, 0.5) is 0 Å². The zero-order chi connectivity index (χ0) is 18.7. The maximum absolute atomic E-state index is 12.8. The molecule has 27 heavy (non-hydrogen) atoms. The van der Waals surface area contributed by atoms with Crippen LogP contribution in [0.1, 0.15) is 46.5 Å². The van der Waals surface area contributed by atoms with Gasteiger partial charge in [-0.3, -0.25) is 14.6 Å². The molecule has 1 unspecified atom stereocenters. The summed E-state index contributed by atoms with van der Waals surface area (Å²) in [6, 6.07) is 3.20. The molecular formula is C19H25N3O5. The van der Waals surface area contributed by atoms with Crippen LogP contribution in [0.3, 0.4) is 0 Å². The number of ether oxygens (including phenoxy) is 3. The van der Waals surface area contributed by atoms with Gasteiger partial charge in [0.25, 0.3) is 11.8 Å². The van der Waals surface area contributed by atoms with Gasteiger partial charge in [0.05, 0.1) is 19.3 Å². The molecule has 4 heterocycles. The molecule has 3 saturated heterocycles. The Hall–Kier alpha value is -2.03. The first-order valence-corrected chi connectivity index (χ1v) is 9.58. The topological polar surface area (TPSA) is 90.0 Å². The Morgan fingerprint density at radius 1 is 1.22 bits per heavy atom. The van der Waals surface area contributed by atoms with E-state index in [1.165, 1.54) is 6.20 Å². The van der Waals surface area contributed by atoms with E-state index in [0.29, 0.717) is 51.3 Å². The molecule has 3 fully saturated rings. The van der Waals surface area contributed by atoms with Gasteiger partial charge in [0.2, 0.25) is 0 Å². The monoisotopic (exact) mass is 375 g/mol. The highest BCUT2D eigenvalue weighted by atomic mass is 16.7. The first-order valence-electron chi connectivity index (χ1n) is 9.58. The molecule has 1 N–H and O–H groups in total. The van der Waals surface area contributed by atoms with E-state index in [9.17, 15) is 9.59 Å². The van der Waals surface area contributed by atoms with E-state index in [2.05, 4.69) is 10.3 Å². The summed E-state index contributed by atoms with van der Waals surface area (Å²) in [7, 11) is 0. The van der Waals surface area contributed by atoms with Crippen molar-refractivity contribution in [2.45, 2.75) is 37.6 Å². The molecule has 2 amide bonds. The molecule has 1 atom stereocenters. The number of hydrogen-bond acceptors (Lipinski definition) is 6. The number of carbonyl (C=O) groups is 2. The van der Waals surface area contributed by atoms with Crippen molar-refractivity contribution in [3.05, 3.63) is 29.6 Å². The van der Waals surface area contributed by atoms with Gasteiger partial charge in [0.1, 0.15) is 5.69 Å². The first-order chi connectivity index (χ1) is 13.2. The molecular weight excluding hydrogens is 350 g/mol. The molecule has 0 aliphatic carbocycles. The number of likely N-dealkylation sites (tertiary alicyclic amines) is 1. The third kappa shape index (κ3) is 4.12.